The second kappa shape index (κ2) is 9.59. The van der Waals surface area contributed by atoms with Crippen molar-refractivity contribution in [2.45, 2.75) is 19.6 Å². The molecule has 1 amide bonds. The van der Waals surface area contributed by atoms with Gasteiger partial charge in [-0.05, 0) is 30.2 Å². The Labute approximate surface area is 185 Å². The number of ether oxygens (including phenoxy) is 3. The van der Waals surface area contributed by atoms with E-state index in [0.29, 0.717) is 43.6 Å². The fourth-order valence-electron chi connectivity index (χ4n) is 3.58. The molecule has 31 heavy (non-hydrogen) atoms. The molecule has 0 radical (unpaired) electrons. The molecule has 3 aromatic rings. The number of nitrogens with one attached hydrogen (secondary N) is 1. The predicted octanol–water partition coefficient (Wildman–Crippen LogP) is 3.11. The molecule has 1 N–H and O–H groups in total. The van der Waals surface area contributed by atoms with Gasteiger partial charge in [-0.3, -0.25) is 4.79 Å². The maximum atomic E-state index is 13.1. The number of aromatic nitrogens is 2. The van der Waals surface area contributed by atoms with E-state index in [0.717, 1.165) is 27.1 Å². The van der Waals surface area contributed by atoms with Crippen LogP contribution in [-0.4, -0.2) is 67.4 Å². The molecular weight excluding hydrogens is 416 g/mol. The number of amides is 1. The van der Waals surface area contributed by atoms with Crippen molar-refractivity contribution < 1.29 is 19.0 Å². The van der Waals surface area contributed by atoms with Gasteiger partial charge in [0.05, 0.1) is 43.3 Å². The monoisotopic (exact) mass is 442 g/mol. The first-order chi connectivity index (χ1) is 15.1. The van der Waals surface area contributed by atoms with Gasteiger partial charge in [0, 0.05) is 20.1 Å². The Kier molecular flexibility index (Phi) is 6.64. The van der Waals surface area contributed by atoms with Crippen molar-refractivity contribution in [2.24, 2.45) is 0 Å². The van der Waals surface area contributed by atoms with E-state index >= 15 is 0 Å². The molecule has 8 nitrogen and oxygen atoms in total. The number of methoxy groups -OCH3 is 1. The summed E-state index contributed by atoms with van der Waals surface area (Å²) in [6, 6.07) is 7.87. The standard InChI is InChI=1S/C22H26N4O4S/c1-14-18-20(23-10-15-5-4-6-16(9-15)28-3)24-13-25-21(18)31-19(14)22(27)26(2)11-17-12-29-7-8-30-17/h4-6,9,13,17H,7-8,10-12H2,1-3H3,(H,23,24,25). The van der Waals surface area contributed by atoms with Crippen molar-refractivity contribution in [3.8, 4) is 5.75 Å². The quantitative estimate of drug-likeness (QED) is 0.602. The minimum absolute atomic E-state index is 0.0478. The molecule has 3 heterocycles. The Hall–Kier alpha value is -2.75. The molecule has 4 rings (SSSR count). The van der Waals surface area contributed by atoms with Gasteiger partial charge >= 0.3 is 0 Å². The number of carbonyl (C=O) groups excluding carboxylic acids is 1. The van der Waals surface area contributed by atoms with Crippen LogP contribution in [0.1, 0.15) is 20.8 Å². The van der Waals surface area contributed by atoms with Crippen molar-refractivity contribution in [1.82, 2.24) is 14.9 Å². The number of likely N-dealkylation sites (N-methyl/N-ethyl adjacent to an activating group) is 1. The summed E-state index contributed by atoms with van der Waals surface area (Å²) in [4.78, 5) is 25.1. The SMILES string of the molecule is COc1cccc(CNc2ncnc3sc(C(=O)N(C)CC4COCCO4)c(C)c23)c1. The van der Waals surface area contributed by atoms with Crippen LogP contribution < -0.4 is 10.1 Å². The summed E-state index contributed by atoms with van der Waals surface area (Å²) in [7, 11) is 3.44. The lowest BCUT2D eigenvalue weighted by molar-refractivity contribution is -0.0933. The highest BCUT2D eigenvalue weighted by molar-refractivity contribution is 7.20. The maximum Gasteiger partial charge on any atom is 0.264 e. The molecule has 1 aromatic carbocycles. The molecule has 1 unspecified atom stereocenters. The summed E-state index contributed by atoms with van der Waals surface area (Å²) < 4.78 is 16.4. The summed E-state index contributed by atoms with van der Waals surface area (Å²) in [5.41, 5.74) is 1.95. The third-order valence-electron chi connectivity index (χ3n) is 5.22. The summed E-state index contributed by atoms with van der Waals surface area (Å²) in [5, 5.41) is 4.26. The molecule has 9 heteroatoms. The zero-order chi connectivity index (χ0) is 21.8. The van der Waals surface area contributed by atoms with Crippen molar-refractivity contribution in [3.63, 3.8) is 0 Å². The van der Waals surface area contributed by atoms with Gasteiger partial charge in [0.25, 0.3) is 5.91 Å². The number of hydrogen-bond donors (Lipinski definition) is 1. The number of carbonyl (C=O) groups is 1. The molecule has 1 fully saturated rings. The van der Waals surface area contributed by atoms with Crippen LogP contribution in [0, 0.1) is 6.92 Å². The van der Waals surface area contributed by atoms with Crippen LogP contribution in [-0.2, 0) is 16.0 Å². The number of hydrogen-bond acceptors (Lipinski definition) is 8. The smallest absolute Gasteiger partial charge is 0.264 e. The van der Waals surface area contributed by atoms with Gasteiger partial charge in [-0.1, -0.05) is 12.1 Å². The molecule has 1 aliphatic rings. The van der Waals surface area contributed by atoms with Gasteiger partial charge in [-0.2, -0.15) is 0 Å². The summed E-state index contributed by atoms with van der Waals surface area (Å²) in [6.07, 6.45) is 1.43. The fraction of sp³-hybridized carbons (Fsp3) is 0.409. The van der Waals surface area contributed by atoms with E-state index in [-0.39, 0.29) is 12.0 Å². The number of thiophene rings is 1. The summed E-state index contributed by atoms with van der Waals surface area (Å²) in [6.45, 7) is 4.69. The Morgan fingerprint density at radius 3 is 3.00 bits per heavy atom. The highest BCUT2D eigenvalue weighted by atomic mass is 32.1. The molecule has 1 aliphatic heterocycles. The molecule has 2 aromatic heterocycles. The molecule has 1 atom stereocenters. The first kappa shape index (κ1) is 21.5. The average Bonchev–Trinajstić information content (AvgIpc) is 3.15. The van der Waals surface area contributed by atoms with Crippen LogP contribution in [0.3, 0.4) is 0 Å². The van der Waals surface area contributed by atoms with Crippen LogP contribution in [0.5, 0.6) is 5.75 Å². The van der Waals surface area contributed by atoms with Gasteiger partial charge in [-0.15, -0.1) is 11.3 Å². The second-order valence-electron chi connectivity index (χ2n) is 7.42. The molecule has 0 spiro atoms. The molecule has 1 saturated heterocycles. The topological polar surface area (TPSA) is 85.8 Å². The van der Waals surface area contributed by atoms with Gasteiger partial charge in [0.2, 0.25) is 0 Å². The zero-order valence-electron chi connectivity index (χ0n) is 17.9. The van der Waals surface area contributed by atoms with E-state index in [1.807, 2.05) is 31.2 Å². The first-order valence-corrected chi connectivity index (χ1v) is 10.9. The van der Waals surface area contributed by atoms with Crippen LogP contribution in [0.2, 0.25) is 0 Å². The Balaban J connectivity index is 1.53. The number of aryl methyl sites for hydroxylation is 1. The normalized spacial score (nSPS) is 16.3. The number of benzene rings is 1. The Bertz CT molecular complexity index is 1060. The number of anilines is 1. The molecule has 164 valence electrons. The van der Waals surface area contributed by atoms with Crippen LogP contribution in [0.4, 0.5) is 5.82 Å². The lowest BCUT2D eigenvalue weighted by Gasteiger charge is -2.27. The van der Waals surface area contributed by atoms with Crippen LogP contribution in [0.25, 0.3) is 10.2 Å². The molecule has 0 bridgehead atoms. The highest BCUT2D eigenvalue weighted by Gasteiger charge is 2.25. The predicted molar refractivity (Wildman–Crippen MR) is 120 cm³/mol. The molecule has 0 saturated carbocycles. The lowest BCUT2D eigenvalue weighted by Crippen LogP contribution is -2.40. The van der Waals surface area contributed by atoms with Gasteiger partial charge in [0.15, 0.2) is 0 Å². The third kappa shape index (κ3) is 4.79. The van der Waals surface area contributed by atoms with Crippen molar-refractivity contribution in [3.05, 3.63) is 46.6 Å². The van der Waals surface area contributed by atoms with E-state index in [1.165, 1.54) is 17.7 Å². The summed E-state index contributed by atoms with van der Waals surface area (Å²) >= 11 is 1.39. The number of fused-ring (bicyclic) bond motifs is 1. The number of rotatable bonds is 7. The number of nitrogens with zero attached hydrogens (tertiary/aromatic N) is 3. The Morgan fingerprint density at radius 2 is 2.23 bits per heavy atom. The first-order valence-electron chi connectivity index (χ1n) is 10.1. The highest BCUT2D eigenvalue weighted by Crippen LogP contribution is 2.34. The van der Waals surface area contributed by atoms with Crippen molar-refractivity contribution >= 4 is 33.3 Å². The second-order valence-corrected chi connectivity index (χ2v) is 8.42. The zero-order valence-corrected chi connectivity index (χ0v) is 18.7. The van der Waals surface area contributed by atoms with E-state index in [1.54, 1.807) is 19.1 Å². The average molecular weight is 443 g/mol. The van der Waals surface area contributed by atoms with Crippen molar-refractivity contribution in [2.75, 3.05) is 45.8 Å². The fourth-order valence-corrected chi connectivity index (χ4v) is 4.72. The molecule has 0 aliphatic carbocycles. The molecular formula is C22H26N4O4S. The van der Waals surface area contributed by atoms with Crippen LogP contribution in [0.15, 0.2) is 30.6 Å². The van der Waals surface area contributed by atoms with Crippen molar-refractivity contribution in [1.29, 1.82) is 0 Å². The van der Waals surface area contributed by atoms with E-state index in [2.05, 4.69) is 15.3 Å². The Morgan fingerprint density at radius 1 is 1.35 bits per heavy atom. The largest absolute Gasteiger partial charge is 0.497 e. The third-order valence-corrected chi connectivity index (χ3v) is 6.41. The summed E-state index contributed by atoms with van der Waals surface area (Å²) in [5.74, 6) is 1.47. The van der Waals surface area contributed by atoms with E-state index < -0.39 is 0 Å². The van der Waals surface area contributed by atoms with Gasteiger partial charge in [-0.25, -0.2) is 9.97 Å². The van der Waals surface area contributed by atoms with E-state index in [4.69, 9.17) is 14.2 Å². The van der Waals surface area contributed by atoms with Crippen LogP contribution >= 0.6 is 11.3 Å². The lowest BCUT2D eigenvalue weighted by atomic mass is 10.1. The maximum absolute atomic E-state index is 13.1. The van der Waals surface area contributed by atoms with Gasteiger partial charge in [0.1, 0.15) is 22.7 Å². The van der Waals surface area contributed by atoms with Gasteiger partial charge < -0.3 is 24.4 Å². The minimum Gasteiger partial charge on any atom is -0.497 e. The minimum atomic E-state index is -0.0998. The van der Waals surface area contributed by atoms with E-state index in [9.17, 15) is 4.79 Å².